The van der Waals surface area contributed by atoms with Crippen molar-refractivity contribution in [3.63, 3.8) is 0 Å². The van der Waals surface area contributed by atoms with Gasteiger partial charge in [-0.1, -0.05) is 0 Å². The Balaban J connectivity index is 4.03. The van der Waals surface area contributed by atoms with Crippen molar-refractivity contribution in [2.24, 2.45) is 0 Å². The van der Waals surface area contributed by atoms with Gasteiger partial charge in [-0.05, 0) is 34.1 Å². The maximum Gasteiger partial charge on any atom is 0.414 e. The van der Waals surface area contributed by atoms with Gasteiger partial charge in [-0.15, -0.1) is 0 Å². The van der Waals surface area contributed by atoms with E-state index < -0.39 is 24.0 Å². The lowest BCUT2D eigenvalue weighted by Gasteiger charge is -2.09. The van der Waals surface area contributed by atoms with E-state index in [-0.39, 0.29) is 13.2 Å². The van der Waals surface area contributed by atoms with Crippen molar-refractivity contribution >= 4 is 24.0 Å². The predicted molar refractivity (Wildman–Crippen MR) is 98.5 cm³/mol. The monoisotopic (exact) mass is 384 g/mol. The lowest BCUT2D eigenvalue weighted by atomic mass is 10.3. The molecule has 0 aliphatic carbocycles. The third kappa shape index (κ3) is 13.9. The zero-order chi connectivity index (χ0) is 20.7. The van der Waals surface area contributed by atoms with E-state index in [1.807, 2.05) is 0 Å². The van der Waals surface area contributed by atoms with Gasteiger partial charge in [-0.3, -0.25) is 20.2 Å². The summed E-state index contributed by atoms with van der Waals surface area (Å²) in [6.07, 6.45) is 1.65. The Morgan fingerprint density at radius 2 is 1.11 bits per heavy atom. The normalized spacial score (nSPS) is 11.3. The van der Waals surface area contributed by atoms with E-state index >= 15 is 0 Å². The van der Waals surface area contributed by atoms with Crippen molar-refractivity contribution in [3.8, 4) is 0 Å². The molecule has 0 heterocycles. The summed E-state index contributed by atoms with van der Waals surface area (Å²) in [6, 6.07) is 0. The number of amides is 4. The Hall–Kier alpha value is -3.04. The number of imide groups is 2. The molecule has 10 heteroatoms. The molecule has 152 valence electrons. The fraction of sp³-hybridized carbons (Fsp3) is 0.529. The van der Waals surface area contributed by atoms with Crippen LogP contribution in [0.4, 0.5) is 9.59 Å². The zero-order valence-electron chi connectivity index (χ0n) is 16.1. The van der Waals surface area contributed by atoms with E-state index in [2.05, 4.69) is 30.7 Å². The second kappa shape index (κ2) is 14.2. The van der Waals surface area contributed by atoms with Gasteiger partial charge < -0.3 is 20.1 Å². The van der Waals surface area contributed by atoms with Gasteiger partial charge in [0.1, 0.15) is 0 Å². The highest BCUT2D eigenvalue weighted by Gasteiger charge is 2.06. The molecule has 0 aliphatic rings. The van der Waals surface area contributed by atoms with E-state index in [9.17, 15) is 19.2 Å². The van der Waals surface area contributed by atoms with Crippen LogP contribution in [-0.4, -0.2) is 50.3 Å². The van der Waals surface area contributed by atoms with Crippen LogP contribution < -0.4 is 21.3 Å². The summed E-state index contributed by atoms with van der Waals surface area (Å²) in [4.78, 5) is 45.2. The van der Waals surface area contributed by atoms with Crippen LogP contribution in [0.5, 0.6) is 0 Å². The second-order valence-electron chi connectivity index (χ2n) is 5.28. The fourth-order valence-corrected chi connectivity index (χ4v) is 1.76. The Morgan fingerprint density at radius 3 is 1.44 bits per heavy atom. The molecule has 0 rings (SSSR count). The average molecular weight is 384 g/mol. The smallest absolute Gasteiger partial charge is 0.414 e. The number of allylic oxidation sites excluding steroid dienone is 2. The van der Waals surface area contributed by atoms with Gasteiger partial charge in [0.2, 0.25) is 0 Å². The molecule has 0 fully saturated rings. The highest BCUT2D eigenvalue weighted by molar-refractivity contribution is 5.99. The summed E-state index contributed by atoms with van der Waals surface area (Å²) < 4.78 is 9.20. The van der Waals surface area contributed by atoms with Crippen molar-refractivity contribution in [2.45, 2.75) is 34.1 Å². The van der Waals surface area contributed by atoms with Crippen molar-refractivity contribution in [1.82, 2.24) is 21.3 Å². The van der Waals surface area contributed by atoms with Gasteiger partial charge in [0, 0.05) is 36.6 Å². The summed E-state index contributed by atoms with van der Waals surface area (Å²) in [5, 5.41) is 10.2. The molecular formula is C17H28N4O6. The first-order chi connectivity index (χ1) is 12.8. The van der Waals surface area contributed by atoms with Crippen molar-refractivity contribution in [3.05, 3.63) is 23.5 Å². The van der Waals surface area contributed by atoms with E-state index in [4.69, 9.17) is 0 Å². The van der Waals surface area contributed by atoms with E-state index in [1.54, 1.807) is 27.7 Å². The van der Waals surface area contributed by atoms with Crippen LogP contribution in [0.15, 0.2) is 23.5 Å². The molecule has 0 aliphatic heterocycles. The minimum absolute atomic E-state index is 0.186. The minimum atomic E-state index is -0.787. The van der Waals surface area contributed by atoms with E-state index in [0.29, 0.717) is 30.9 Å². The maximum atomic E-state index is 11.5. The number of carbonyl (C=O) groups is 4. The molecule has 0 unspecified atom stereocenters. The van der Waals surface area contributed by atoms with Crippen molar-refractivity contribution in [2.75, 3.05) is 26.3 Å². The van der Waals surface area contributed by atoms with Gasteiger partial charge in [-0.2, -0.15) is 0 Å². The molecule has 0 saturated carbocycles. The summed E-state index contributed by atoms with van der Waals surface area (Å²) in [7, 11) is 0. The van der Waals surface area contributed by atoms with Gasteiger partial charge >= 0.3 is 12.2 Å². The summed E-state index contributed by atoms with van der Waals surface area (Å²) in [6.45, 7) is 8.20. The highest BCUT2D eigenvalue weighted by atomic mass is 16.6. The first kappa shape index (κ1) is 24.0. The van der Waals surface area contributed by atoms with Gasteiger partial charge in [0.05, 0.1) is 13.2 Å². The van der Waals surface area contributed by atoms with Crippen LogP contribution in [0.3, 0.4) is 0 Å². The molecule has 27 heavy (non-hydrogen) atoms. The first-order valence-corrected chi connectivity index (χ1v) is 8.58. The van der Waals surface area contributed by atoms with Gasteiger partial charge in [0.25, 0.3) is 11.8 Å². The largest absolute Gasteiger partial charge is 0.450 e. The number of hydrogen-bond donors (Lipinski definition) is 4. The molecule has 0 aromatic carbocycles. The van der Waals surface area contributed by atoms with Crippen LogP contribution in [-0.2, 0) is 19.1 Å². The third-order valence-corrected chi connectivity index (χ3v) is 2.86. The Morgan fingerprint density at radius 1 is 0.741 bits per heavy atom. The number of nitrogens with one attached hydrogen (secondary N) is 4. The van der Waals surface area contributed by atoms with Gasteiger partial charge in [0.15, 0.2) is 0 Å². The SMILES string of the molecule is CCOC(=O)NC(=O)/C=C(/C)NCCCN/C(C)=C\C(=O)NC(=O)OCC. The number of carbonyl (C=O) groups excluding carboxylic acids is 4. The Labute approximate surface area is 158 Å². The summed E-state index contributed by atoms with van der Waals surface area (Å²) >= 11 is 0. The predicted octanol–water partition coefficient (Wildman–Crippen LogP) is 0.909. The standard InChI is InChI=1S/C17H28N4O6/c1-5-26-16(24)20-14(22)10-12(3)18-8-7-9-19-13(4)11-15(23)21-17(25)27-6-2/h10-11,18-19H,5-9H2,1-4H3,(H,20,22,24)(H,21,23,25)/b12-10-,13-11-. The van der Waals surface area contributed by atoms with E-state index in [0.717, 1.165) is 0 Å². The number of rotatable bonds is 10. The van der Waals surface area contributed by atoms with Crippen LogP contribution in [0.25, 0.3) is 0 Å². The highest BCUT2D eigenvalue weighted by Crippen LogP contribution is 1.91. The third-order valence-electron chi connectivity index (χ3n) is 2.86. The quantitative estimate of drug-likeness (QED) is 0.322. The molecule has 0 spiro atoms. The fourth-order valence-electron chi connectivity index (χ4n) is 1.76. The first-order valence-electron chi connectivity index (χ1n) is 8.58. The molecule has 4 amide bonds. The summed E-state index contributed by atoms with van der Waals surface area (Å²) in [5.41, 5.74) is 1.19. The van der Waals surface area contributed by atoms with Crippen LogP contribution in [0.1, 0.15) is 34.1 Å². The molecule has 0 atom stereocenters. The molecule has 10 nitrogen and oxygen atoms in total. The Bertz CT molecular complexity index is 536. The van der Waals surface area contributed by atoms with Crippen molar-refractivity contribution in [1.29, 1.82) is 0 Å². The number of alkyl carbamates (subject to hydrolysis) is 2. The second-order valence-corrected chi connectivity index (χ2v) is 5.28. The van der Waals surface area contributed by atoms with Crippen LogP contribution in [0.2, 0.25) is 0 Å². The topological polar surface area (TPSA) is 135 Å². The summed E-state index contributed by atoms with van der Waals surface area (Å²) in [5.74, 6) is -1.13. The molecular weight excluding hydrogens is 356 g/mol. The maximum absolute atomic E-state index is 11.5. The molecule has 0 saturated heterocycles. The molecule has 4 N–H and O–H groups in total. The Kier molecular flexibility index (Phi) is 12.6. The lowest BCUT2D eigenvalue weighted by molar-refractivity contribution is -0.116. The number of ether oxygens (including phenoxy) is 2. The molecule has 0 bridgehead atoms. The van der Waals surface area contributed by atoms with Crippen molar-refractivity contribution < 1.29 is 28.7 Å². The zero-order valence-corrected chi connectivity index (χ0v) is 16.1. The van der Waals surface area contributed by atoms with Gasteiger partial charge in [-0.25, -0.2) is 9.59 Å². The minimum Gasteiger partial charge on any atom is -0.450 e. The number of hydrogen-bond acceptors (Lipinski definition) is 8. The molecule has 0 aromatic heterocycles. The molecule has 0 radical (unpaired) electrons. The van der Waals surface area contributed by atoms with E-state index in [1.165, 1.54) is 12.2 Å². The molecule has 0 aromatic rings. The average Bonchev–Trinajstić information content (AvgIpc) is 2.54. The lowest BCUT2D eigenvalue weighted by Crippen LogP contribution is -2.31. The van der Waals surface area contributed by atoms with Crippen LogP contribution >= 0.6 is 0 Å². The van der Waals surface area contributed by atoms with Crippen LogP contribution in [0, 0.1) is 0 Å².